The second-order valence-electron chi connectivity index (χ2n) is 8.29. The predicted octanol–water partition coefficient (Wildman–Crippen LogP) is 3.45. The molecule has 35 heavy (non-hydrogen) atoms. The first kappa shape index (κ1) is 28.1. The summed E-state index contributed by atoms with van der Waals surface area (Å²) in [4.78, 5) is 30.8. The van der Waals surface area contributed by atoms with Gasteiger partial charge in [-0.15, -0.1) is 17.4 Å². The first-order valence-corrected chi connectivity index (χ1v) is 11.4. The molecule has 0 aromatic heterocycles. The van der Waals surface area contributed by atoms with Crippen LogP contribution in [0.25, 0.3) is 0 Å². The smallest absolute Gasteiger partial charge is 0.437 e. The van der Waals surface area contributed by atoms with Gasteiger partial charge in [-0.25, -0.2) is 9.59 Å². The van der Waals surface area contributed by atoms with E-state index in [9.17, 15) is 14.7 Å². The zero-order valence-electron chi connectivity index (χ0n) is 19.5. The number of aliphatic hydroxyl groups is 1. The number of aliphatic imine (C=N–C) groups is 1. The van der Waals surface area contributed by atoms with Crippen LogP contribution < -0.4 is 11.1 Å². The van der Waals surface area contributed by atoms with E-state index in [1.54, 1.807) is 0 Å². The van der Waals surface area contributed by atoms with Crippen molar-refractivity contribution in [3.8, 4) is 0 Å². The van der Waals surface area contributed by atoms with Crippen molar-refractivity contribution < 1.29 is 24.2 Å². The summed E-state index contributed by atoms with van der Waals surface area (Å²) in [6, 6.07) is 18.3. The van der Waals surface area contributed by atoms with Crippen molar-refractivity contribution >= 4 is 30.6 Å². The Morgan fingerprint density at radius 2 is 1.66 bits per heavy atom. The van der Waals surface area contributed by atoms with Gasteiger partial charge in [0.05, 0.1) is 6.61 Å². The van der Waals surface area contributed by atoms with Crippen LogP contribution in [0.15, 0.2) is 65.7 Å². The number of nitrogens with one attached hydrogen (secondary N) is 1. The summed E-state index contributed by atoms with van der Waals surface area (Å²) < 4.78 is 10.6. The van der Waals surface area contributed by atoms with Crippen LogP contribution in [0.4, 0.5) is 9.59 Å². The molecule has 0 saturated carbocycles. The highest BCUT2D eigenvalue weighted by molar-refractivity contribution is 5.98. The zero-order valence-corrected chi connectivity index (χ0v) is 20.4. The number of likely N-dealkylation sites (tertiary alicyclic amines) is 1. The number of benzene rings is 2. The Hall–Kier alpha value is -3.14. The minimum atomic E-state index is -0.809. The highest BCUT2D eigenvalue weighted by Crippen LogP contribution is 2.21. The van der Waals surface area contributed by atoms with Gasteiger partial charge in [-0.3, -0.25) is 5.32 Å². The lowest BCUT2D eigenvalue weighted by molar-refractivity contribution is 0.141. The van der Waals surface area contributed by atoms with E-state index in [-0.39, 0.29) is 50.1 Å². The highest BCUT2D eigenvalue weighted by Gasteiger charge is 2.26. The molecule has 0 spiro atoms. The van der Waals surface area contributed by atoms with Crippen LogP contribution in [0.1, 0.15) is 30.4 Å². The van der Waals surface area contributed by atoms with Crippen LogP contribution in [0, 0.1) is 5.92 Å². The minimum absolute atomic E-state index is 0. The van der Waals surface area contributed by atoms with E-state index in [2.05, 4.69) is 10.3 Å². The number of rotatable bonds is 7. The number of hydrogen-bond acceptors (Lipinski definition) is 6. The fraction of sp³-hybridized carbons (Fsp3) is 0.400. The maximum absolute atomic E-state index is 12.5. The van der Waals surface area contributed by atoms with Crippen LogP contribution in [0.3, 0.4) is 0 Å². The Morgan fingerprint density at radius 1 is 1.06 bits per heavy atom. The topological polar surface area (TPSA) is 126 Å². The standard InChI is InChI=1S/C25H32N4O5.ClH/c26-22(16-30)14-21-12-7-13-29(15-21)23(27-24(31)33-17-19-8-3-1-4-9-19)28-25(32)34-18-20-10-5-2-6-11-20;/h1-6,8-11,21-22,30H,7,12-18,26H2,(H,27,28,31,32);1H/t21?,22-;/m0./s1. The fourth-order valence-electron chi connectivity index (χ4n) is 3.82. The SMILES string of the molecule is Cl.N[C@H](CO)CC1CCCN(C(=NC(=O)OCc2ccccc2)NC(=O)OCc2ccccc2)C1. The number of amides is 2. The monoisotopic (exact) mass is 504 g/mol. The molecule has 2 amide bonds. The largest absolute Gasteiger partial charge is 0.444 e. The van der Waals surface area contributed by atoms with Crippen molar-refractivity contribution in [1.82, 2.24) is 10.2 Å². The average molecular weight is 505 g/mol. The van der Waals surface area contributed by atoms with Crippen molar-refractivity contribution in [1.29, 1.82) is 0 Å². The molecule has 10 heteroatoms. The number of halogens is 1. The molecular formula is C25H33ClN4O5. The van der Waals surface area contributed by atoms with Crippen molar-refractivity contribution in [2.24, 2.45) is 16.6 Å². The minimum Gasteiger partial charge on any atom is -0.444 e. The summed E-state index contributed by atoms with van der Waals surface area (Å²) in [7, 11) is 0. The van der Waals surface area contributed by atoms with E-state index in [0.29, 0.717) is 19.5 Å². The van der Waals surface area contributed by atoms with Gasteiger partial charge in [-0.05, 0) is 36.3 Å². The van der Waals surface area contributed by atoms with E-state index >= 15 is 0 Å². The van der Waals surface area contributed by atoms with Gasteiger partial charge in [0.15, 0.2) is 0 Å². The molecule has 1 heterocycles. The average Bonchev–Trinajstić information content (AvgIpc) is 2.87. The predicted molar refractivity (Wildman–Crippen MR) is 135 cm³/mol. The number of piperidine rings is 1. The van der Waals surface area contributed by atoms with Gasteiger partial charge >= 0.3 is 12.2 Å². The Balaban J connectivity index is 0.00000432. The number of alkyl carbamates (subject to hydrolysis) is 1. The molecule has 1 saturated heterocycles. The second-order valence-corrected chi connectivity index (χ2v) is 8.29. The molecule has 2 aromatic rings. The van der Waals surface area contributed by atoms with Crippen LogP contribution >= 0.6 is 12.4 Å². The first-order valence-electron chi connectivity index (χ1n) is 11.4. The lowest BCUT2D eigenvalue weighted by Crippen LogP contribution is -2.49. The van der Waals surface area contributed by atoms with E-state index in [1.807, 2.05) is 65.6 Å². The van der Waals surface area contributed by atoms with E-state index in [0.717, 1.165) is 24.0 Å². The molecular weight excluding hydrogens is 472 g/mol. The normalized spacial score (nSPS) is 16.6. The number of hydrogen-bond donors (Lipinski definition) is 3. The molecule has 190 valence electrons. The highest BCUT2D eigenvalue weighted by atomic mass is 35.5. The Bertz CT molecular complexity index is 945. The lowest BCUT2D eigenvalue weighted by atomic mass is 9.92. The third-order valence-corrected chi connectivity index (χ3v) is 5.52. The quantitative estimate of drug-likeness (QED) is 0.389. The molecule has 1 aliphatic rings. The summed E-state index contributed by atoms with van der Waals surface area (Å²) in [5.41, 5.74) is 7.59. The van der Waals surface area contributed by atoms with E-state index in [4.69, 9.17) is 15.2 Å². The molecule has 3 rings (SSSR count). The number of carbonyl (C=O) groups excluding carboxylic acids is 2. The molecule has 1 aliphatic heterocycles. The molecule has 0 aliphatic carbocycles. The number of nitrogens with two attached hydrogens (primary N) is 1. The number of carbonyl (C=O) groups is 2. The maximum atomic E-state index is 12.5. The molecule has 0 bridgehead atoms. The molecule has 1 unspecified atom stereocenters. The number of guanidine groups is 1. The maximum Gasteiger partial charge on any atom is 0.437 e. The summed E-state index contributed by atoms with van der Waals surface area (Å²) >= 11 is 0. The fourth-order valence-corrected chi connectivity index (χ4v) is 3.82. The number of ether oxygens (including phenoxy) is 2. The van der Waals surface area contributed by atoms with Crippen molar-refractivity contribution in [3.63, 3.8) is 0 Å². The van der Waals surface area contributed by atoms with Crippen molar-refractivity contribution in [2.45, 2.75) is 38.5 Å². The van der Waals surface area contributed by atoms with Crippen LogP contribution in [0.2, 0.25) is 0 Å². The van der Waals surface area contributed by atoms with Gasteiger partial charge in [-0.2, -0.15) is 0 Å². The first-order chi connectivity index (χ1) is 16.5. The molecule has 9 nitrogen and oxygen atoms in total. The van der Waals surface area contributed by atoms with Gasteiger partial charge in [0.1, 0.15) is 13.2 Å². The summed E-state index contributed by atoms with van der Waals surface area (Å²) in [6.45, 7) is 1.22. The number of nitrogens with zero attached hydrogens (tertiary/aromatic N) is 2. The molecule has 2 atom stereocenters. The van der Waals surface area contributed by atoms with Gasteiger partial charge in [0.2, 0.25) is 5.96 Å². The third-order valence-electron chi connectivity index (χ3n) is 5.52. The van der Waals surface area contributed by atoms with Gasteiger partial charge in [-0.1, -0.05) is 60.7 Å². The van der Waals surface area contributed by atoms with Gasteiger partial charge in [0.25, 0.3) is 0 Å². The van der Waals surface area contributed by atoms with E-state index < -0.39 is 12.2 Å². The van der Waals surface area contributed by atoms with Crippen LogP contribution in [0.5, 0.6) is 0 Å². The third kappa shape index (κ3) is 9.94. The molecule has 1 fully saturated rings. The second kappa shape index (κ2) is 15.0. The van der Waals surface area contributed by atoms with Gasteiger partial charge in [0, 0.05) is 19.1 Å². The Morgan fingerprint density at radius 3 is 2.26 bits per heavy atom. The van der Waals surface area contributed by atoms with Gasteiger partial charge < -0.3 is 25.2 Å². The number of aliphatic hydroxyl groups excluding tert-OH is 1. The Kier molecular flexibility index (Phi) is 12.0. The molecule has 0 radical (unpaired) electrons. The summed E-state index contributed by atoms with van der Waals surface area (Å²) in [5, 5.41) is 11.9. The molecule has 4 N–H and O–H groups in total. The summed E-state index contributed by atoms with van der Waals surface area (Å²) in [6.07, 6.45) is 0.886. The van der Waals surface area contributed by atoms with Crippen molar-refractivity contribution in [3.05, 3.63) is 71.8 Å². The van der Waals surface area contributed by atoms with E-state index in [1.165, 1.54) is 0 Å². The van der Waals surface area contributed by atoms with Crippen LogP contribution in [-0.2, 0) is 22.7 Å². The molecule has 2 aromatic carbocycles. The van der Waals surface area contributed by atoms with Crippen LogP contribution in [-0.4, -0.2) is 53.9 Å². The lowest BCUT2D eigenvalue weighted by Gasteiger charge is -2.35. The summed E-state index contributed by atoms with van der Waals surface area (Å²) in [5.74, 6) is 0.280. The Labute approximate surface area is 211 Å². The van der Waals surface area contributed by atoms with Crippen molar-refractivity contribution in [2.75, 3.05) is 19.7 Å². The zero-order chi connectivity index (χ0) is 24.2.